The molecular weight excluding hydrogens is 370 g/mol. The van der Waals surface area contributed by atoms with E-state index in [0.29, 0.717) is 25.3 Å². The molecule has 1 aromatic carbocycles. The third-order valence-electron chi connectivity index (χ3n) is 4.61. The van der Waals surface area contributed by atoms with Crippen molar-refractivity contribution in [2.24, 2.45) is 0 Å². The molecule has 1 aromatic heterocycles. The maximum atomic E-state index is 11.8. The summed E-state index contributed by atoms with van der Waals surface area (Å²) in [4.78, 5) is 1.96. The number of nitrogens with zero attached hydrogens (tertiary/aromatic N) is 1. The molecule has 0 saturated carbocycles. The first-order chi connectivity index (χ1) is 12.9. The van der Waals surface area contributed by atoms with Crippen molar-refractivity contribution < 1.29 is 27.4 Å². The van der Waals surface area contributed by atoms with Crippen molar-refractivity contribution in [2.45, 2.75) is 25.1 Å². The van der Waals surface area contributed by atoms with Crippen molar-refractivity contribution in [3.8, 4) is 11.5 Å². The first-order valence-corrected chi connectivity index (χ1v) is 10.7. The molecule has 0 unspecified atom stereocenters. The van der Waals surface area contributed by atoms with Crippen LogP contribution in [0.1, 0.15) is 12.2 Å². The summed E-state index contributed by atoms with van der Waals surface area (Å²) in [5, 5.41) is 10.4. The zero-order chi connectivity index (χ0) is 19.3. The van der Waals surface area contributed by atoms with E-state index in [1.807, 2.05) is 11.0 Å². The van der Waals surface area contributed by atoms with Crippen molar-refractivity contribution in [3.63, 3.8) is 0 Å². The van der Waals surface area contributed by atoms with Crippen LogP contribution >= 0.6 is 0 Å². The Morgan fingerprint density at radius 3 is 2.59 bits per heavy atom. The van der Waals surface area contributed by atoms with Gasteiger partial charge in [-0.15, -0.1) is 0 Å². The molecule has 0 radical (unpaired) electrons. The van der Waals surface area contributed by atoms with Gasteiger partial charge in [-0.25, -0.2) is 8.42 Å². The van der Waals surface area contributed by atoms with Gasteiger partial charge in [0.25, 0.3) is 0 Å². The van der Waals surface area contributed by atoms with Crippen LogP contribution in [0.4, 0.5) is 0 Å². The Morgan fingerprint density at radius 2 is 2.00 bits per heavy atom. The first-order valence-electron chi connectivity index (χ1n) is 8.87. The fraction of sp³-hybridized carbons (Fsp3) is 0.474. The molecule has 2 heterocycles. The van der Waals surface area contributed by atoms with Gasteiger partial charge in [-0.2, -0.15) is 0 Å². The summed E-state index contributed by atoms with van der Waals surface area (Å²) in [6, 6.07) is 10.6. The van der Waals surface area contributed by atoms with Crippen LogP contribution < -0.4 is 9.47 Å². The summed E-state index contributed by atoms with van der Waals surface area (Å²) in [5.41, 5.74) is 0. The molecule has 1 fully saturated rings. The van der Waals surface area contributed by atoms with E-state index in [1.165, 1.54) is 0 Å². The van der Waals surface area contributed by atoms with Gasteiger partial charge in [0.15, 0.2) is 9.84 Å². The highest BCUT2D eigenvalue weighted by atomic mass is 32.2. The monoisotopic (exact) mass is 395 g/mol. The maximum Gasteiger partial charge on any atom is 0.151 e. The molecule has 1 saturated heterocycles. The number of methoxy groups -OCH3 is 1. The zero-order valence-corrected chi connectivity index (χ0v) is 16.1. The second-order valence-electron chi connectivity index (χ2n) is 6.71. The Kier molecular flexibility index (Phi) is 6.41. The number of hydrogen-bond acceptors (Lipinski definition) is 7. The maximum absolute atomic E-state index is 11.8. The third kappa shape index (κ3) is 5.72. The summed E-state index contributed by atoms with van der Waals surface area (Å²) in [5.74, 6) is 2.40. The van der Waals surface area contributed by atoms with Crippen molar-refractivity contribution in [2.75, 3.05) is 31.8 Å². The number of aliphatic hydroxyl groups excluding tert-OH is 1. The van der Waals surface area contributed by atoms with Gasteiger partial charge in [0.05, 0.1) is 31.4 Å². The Balaban J connectivity index is 1.58. The molecule has 1 aliphatic rings. The van der Waals surface area contributed by atoms with E-state index < -0.39 is 15.9 Å². The quantitative estimate of drug-likeness (QED) is 0.691. The van der Waals surface area contributed by atoms with Gasteiger partial charge < -0.3 is 19.0 Å². The molecule has 0 spiro atoms. The lowest BCUT2D eigenvalue weighted by Crippen LogP contribution is -2.42. The molecule has 8 heteroatoms. The van der Waals surface area contributed by atoms with E-state index in [0.717, 1.165) is 11.5 Å². The SMILES string of the molecule is COc1ccc(OC[C@@H](O)CN(Cc2ccco2)[C@@H]2CCS(=O)(=O)C2)cc1. The third-order valence-corrected chi connectivity index (χ3v) is 6.36. The van der Waals surface area contributed by atoms with Crippen molar-refractivity contribution in [1.82, 2.24) is 4.90 Å². The van der Waals surface area contributed by atoms with Gasteiger partial charge in [-0.05, 0) is 42.8 Å². The lowest BCUT2D eigenvalue weighted by molar-refractivity contribution is 0.0497. The molecule has 1 aliphatic heterocycles. The average molecular weight is 395 g/mol. The van der Waals surface area contributed by atoms with Crippen LogP contribution in [-0.2, 0) is 16.4 Å². The van der Waals surface area contributed by atoms with Crippen LogP contribution in [-0.4, -0.2) is 62.3 Å². The van der Waals surface area contributed by atoms with Gasteiger partial charge >= 0.3 is 0 Å². The minimum atomic E-state index is -3.01. The van der Waals surface area contributed by atoms with Gasteiger partial charge in [0, 0.05) is 12.6 Å². The Labute approximate surface area is 159 Å². The average Bonchev–Trinajstić information content (AvgIpc) is 3.29. The number of furan rings is 1. The van der Waals surface area contributed by atoms with Crippen molar-refractivity contribution in [1.29, 1.82) is 0 Å². The van der Waals surface area contributed by atoms with E-state index in [2.05, 4.69) is 0 Å². The number of rotatable bonds is 9. The molecule has 0 amide bonds. The topological polar surface area (TPSA) is 89.2 Å². The first kappa shape index (κ1) is 19.7. The summed E-state index contributed by atoms with van der Waals surface area (Å²) in [6.07, 6.45) is 1.39. The fourth-order valence-corrected chi connectivity index (χ4v) is 4.96. The number of sulfone groups is 1. The van der Waals surface area contributed by atoms with Gasteiger partial charge in [-0.3, -0.25) is 4.90 Å². The second-order valence-corrected chi connectivity index (χ2v) is 8.93. The van der Waals surface area contributed by atoms with Crippen molar-refractivity contribution >= 4 is 9.84 Å². The molecule has 2 aromatic rings. The van der Waals surface area contributed by atoms with E-state index in [-0.39, 0.29) is 24.2 Å². The smallest absolute Gasteiger partial charge is 0.151 e. The van der Waals surface area contributed by atoms with Crippen LogP contribution in [0.5, 0.6) is 11.5 Å². The second kappa shape index (κ2) is 8.77. The summed E-state index contributed by atoms with van der Waals surface area (Å²) < 4.78 is 39.8. The molecule has 2 atom stereocenters. The lowest BCUT2D eigenvalue weighted by atomic mass is 10.2. The normalized spacial score (nSPS) is 19.9. The van der Waals surface area contributed by atoms with Gasteiger partial charge in [0.1, 0.15) is 30.0 Å². The minimum Gasteiger partial charge on any atom is -0.497 e. The highest BCUT2D eigenvalue weighted by Crippen LogP contribution is 2.21. The molecule has 1 N–H and O–H groups in total. The van der Waals surface area contributed by atoms with Crippen LogP contribution in [0, 0.1) is 0 Å². The number of ether oxygens (including phenoxy) is 2. The zero-order valence-electron chi connectivity index (χ0n) is 15.3. The van der Waals surface area contributed by atoms with E-state index in [4.69, 9.17) is 13.9 Å². The number of hydrogen-bond donors (Lipinski definition) is 1. The molecule has 148 valence electrons. The van der Waals surface area contributed by atoms with Crippen molar-refractivity contribution in [3.05, 3.63) is 48.4 Å². The van der Waals surface area contributed by atoms with E-state index >= 15 is 0 Å². The number of benzene rings is 1. The predicted octanol–water partition coefficient (Wildman–Crippen LogP) is 1.72. The molecular formula is C19H25NO6S. The lowest BCUT2D eigenvalue weighted by Gasteiger charge is -2.29. The highest BCUT2D eigenvalue weighted by molar-refractivity contribution is 7.91. The van der Waals surface area contributed by atoms with Crippen LogP contribution in [0.25, 0.3) is 0 Å². The summed E-state index contributed by atoms with van der Waals surface area (Å²) >= 11 is 0. The molecule has 27 heavy (non-hydrogen) atoms. The summed E-state index contributed by atoms with van der Waals surface area (Å²) in [6.45, 7) is 0.865. The Hall–Kier alpha value is -2.03. The van der Waals surface area contributed by atoms with Crippen LogP contribution in [0.2, 0.25) is 0 Å². The van der Waals surface area contributed by atoms with Crippen LogP contribution in [0.15, 0.2) is 47.1 Å². The Bertz CT molecular complexity index is 803. The predicted molar refractivity (Wildman–Crippen MR) is 101 cm³/mol. The van der Waals surface area contributed by atoms with Crippen LogP contribution in [0.3, 0.4) is 0 Å². The minimum absolute atomic E-state index is 0.111. The number of aliphatic hydroxyl groups is 1. The van der Waals surface area contributed by atoms with Gasteiger partial charge in [-0.1, -0.05) is 0 Å². The molecule has 0 bridgehead atoms. The molecule has 0 aliphatic carbocycles. The standard InChI is InChI=1S/C19H25NO6S/c1-24-17-4-6-18(7-5-17)26-13-16(21)11-20(12-19-3-2-9-25-19)15-8-10-27(22,23)14-15/h2-7,9,15-16,21H,8,10-14H2,1H3/t15-,16+/m1/s1. The molecule has 7 nitrogen and oxygen atoms in total. The molecule has 3 rings (SSSR count). The van der Waals surface area contributed by atoms with E-state index in [1.54, 1.807) is 43.7 Å². The largest absolute Gasteiger partial charge is 0.497 e. The highest BCUT2D eigenvalue weighted by Gasteiger charge is 2.33. The Morgan fingerprint density at radius 1 is 1.26 bits per heavy atom. The fourth-order valence-electron chi connectivity index (χ4n) is 3.20. The van der Waals surface area contributed by atoms with E-state index in [9.17, 15) is 13.5 Å². The summed E-state index contributed by atoms with van der Waals surface area (Å²) in [7, 11) is -1.42. The van der Waals surface area contributed by atoms with Gasteiger partial charge in [0.2, 0.25) is 0 Å².